The lowest BCUT2D eigenvalue weighted by Gasteiger charge is -2.25. The predicted molar refractivity (Wildman–Crippen MR) is 125 cm³/mol. The monoisotopic (exact) mass is 508 g/mol. The molecule has 1 aromatic carbocycles. The van der Waals surface area contributed by atoms with Gasteiger partial charge in [-0.15, -0.1) is 0 Å². The normalized spacial score (nSPS) is 18.3. The number of carbonyl (C=O) groups is 1. The average molecular weight is 509 g/mol. The largest absolute Gasteiger partial charge is 0.416 e. The summed E-state index contributed by atoms with van der Waals surface area (Å²) in [5.74, 6) is 0.598. The zero-order valence-corrected chi connectivity index (χ0v) is 20.6. The van der Waals surface area contributed by atoms with Crippen LogP contribution >= 0.6 is 0 Å². The van der Waals surface area contributed by atoms with Crippen molar-refractivity contribution in [3.05, 3.63) is 52.0 Å². The van der Waals surface area contributed by atoms with Gasteiger partial charge in [-0.3, -0.25) is 4.79 Å². The Balaban J connectivity index is 1.63. The van der Waals surface area contributed by atoms with E-state index in [-0.39, 0.29) is 23.9 Å². The summed E-state index contributed by atoms with van der Waals surface area (Å²) < 4.78 is 57.2. The number of nitrogens with one attached hydrogen (secondary N) is 2. The minimum absolute atomic E-state index is 0.00901. The molecule has 3 heterocycles. The number of aromatic nitrogens is 2. The molecule has 2 fully saturated rings. The van der Waals surface area contributed by atoms with Crippen molar-refractivity contribution in [1.29, 1.82) is 0 Å². The van der Waals surface area contributed by atoms with Crippen LogP contribution in [0.15, 0.2) is 18.2 Å². The minimum atomic E-state index is -4.45. The van der Waals surface area contributed by atoms with Gasteiger partial charge in [0.2, 0.25) is 5.91 Å². The Morgan fingerprint density at radius 2 is 1.81 bits per heavy atom. The lowest BCUT2D eigenvalue weighted by Crippen LogP contribution is -2.40. The zero-order chi connectivity index (χ0) is 25.9. The van der Waals surface area contributed by atoms with Gasteiger partial charge in [-0.05, 0) is 50.8 Å². The van der Waals surface area contributed by atoms with E-state index in [1.165, 1.54) is 13.0 Å². The van der Waals surface area contributed by atoms with Gasteiger partial charge in [0.05, 0.1) is 42.5 Å². The van der Waals surface area contributed by atoms with Gasteiger partial charge in [-0.2, -0.15) is 13.2 Å². The third-order valence-corrected chi connectivity index (χ3v) is 6.41. The molecule has 2 aromatic rings. The van der Waals surface area contributed by atoms with Crippen LogP contribution in [-0.4, -0.2) is 48.3 Å². The number of amides is 1. The number of aryl methyl sites for hydroxylation is 1. The van der Waals surface area contributed by atoms with Crippen LogP contribution in [0.1, 0.15) is 65.9 Å². The fourth-order valence-corrected chi connectivity index (χ4v) is 4.64. The highest BCUT2D eigenvalue weighted by Crippen LogP contribution is 2.37. The van der Waals surface area contributed by atoms with Crippen molar-refractivity contribution in [2.75, 3.05) is 31.7 Å². The molecule has 0 unspecified atom stereocenters. The third kappa shape index (κ3) is 6.13. The first kappa shape index (κ1) is 26.3. The maximum absolute atomic E-state index is 13.5. The maximum atomic E-state index is 13.5. The van der Waals surface area contributed by atoms with Crippen molar-refractivity contribution in [2.24, 2.45) is 0 Å². The molecule has 2 aliphatic rings. The van der Waals surface area contributed by atoms with Crippen LogP contribution in [0.3, 0.4) is 0 Å². The molecule has 36 heavy (non-hydrogen) atoms. The first-order chi connectivity index (χ1) is 17.1. The van der Waals surface area contributed by atoms with Crippen molar-refractivity contribution in [2.45, 2.75) is 64.6 Å². The van der Waals surface area contributed by atoms with Crippen LogP contribution in [-0.2, 0) is 31.6 Å². The molecule has 8 nitrogen and oxygen atoms in total. The molecule has 0 radical (unpaired) electrons. The molecular weight excluding hydrogens is 477 g/mol. The summed E-state index contributed by atoms with van der Waals surface area (Å²) in [6.45, 7) is 6.86. The standard InChI is InChI=1S/C25H31F3N4O4/c1-14-18(5-4-6-19(14)25(26,27)28)15(2)29-23-22(24-35-11-12-36-24)20(30-16(3)31-23)13-21(33)32-17-7-9-34-10-8-17/h4-6,15,17,24H,7-13H2,1-3H3,(H,32,33)(H,29,30,31)/t15-/m1/s1. The second kappa shape index (κ2) is 11.1. The Morgan fingerprint density at radius 3 is 2.47 bits per heavy atom. The van der Waals surface area contributed by atoms with Crippen molar-refractivity contribution >= 4 is 11.7 Å². The third-order valence-electron chi connectivity index (χ3n) is 6.41. The van der Waals surface area contributed by atoms with Gasteiger partial charge in [0.15, 0.2) is 6.29 Å². The molecule has 2 saturated heterocycles. The first-order valence-electron chi connectivity index (χ1n) is 12.0. The highest BCUT2D eigenvalue weighted by molar-refractivity contribution is 5.79. The van der Waals surface area contributed by atoms with Crippen LogP contribution in [0.25, 0.3) is 0 Å². The topological polar surface area (TPSA) is 94.6 Å². The predicted octanol–water partition coefficient (Wildman–Crippen LogP) is 4.17. The minimum Gasteiger partial charge on any atom is -0.381 e. The maximum Gasteiger partial charge on any atom is 0.416 e. The Kier molecular flexibility index (Phi) is 8.11. The number of ether oxygens (including phenoxy) is 3. The number of nitrogens with zero attached hydrogens (tertiary/aromatic N) is 2. The van der Waals surface area contributed by atoms with Crippen LogP contribution in [0.4, 0.5) is 19.0 Å². The smallest absolute Gasteiger partial charge is 0.381 e. The van der Waals surface area contributed by atoms with Crippen molar-refractivity contribution in [3.8, 4) is 0 Å². The van der Waals surface area contributed by atoms with E-state index in [9.17, 15) is 18.0 Å². The summed E-state index contributed by atoms with van der Waals surface area (Å²) in [6, 6.07) is 3.64. The molecule has 196 valence electrons. The number of carbonyl (C=O) groups excluding carboxylic acids is 1. The second-order valence-electron chi connectivity index (χ2n) is 9.07. The molecule has 11 heteroatoms. The van der Waals surface area contributed by atoms with E-state index in [1.807, 2.05) is 0 Å². The van der Waals surface area contributed by atoms with E-state index < -0.39 is 24.1 Å². The average Bonchev–Trinajstić information content (AvgIpc) is 3.33. The van der Waals surface area contributed by atoms with E-state index in [4.69, 9.17) is 14.2 Å². The van der Waals surface area contributed by atoms with Crippen molar-refractivity contribution in [3.63, 3.8) is 0 Å². The van der Waals surface area contributed by atoms with Gasteiger partial charge in [-0.1, -0.05) is 12.1 Å². The van der Waals surface area contributed by atoms with Crippen molar-refractivity contribution in [1.82, 2.24) is 15.3 Å². The molecule has 0 saturated carbocycles. The molecule has 0 spiro atoms. The van der Waals surface area contributed by atoms with E-state index in [1.54, 1.807) is 19.9 Å². The Bertz CT molecular complexity index is 1080. The lowest BCUT2D eigenvalue weighted by molar-refractivity contribution is -0.138. The summed E-state index contributed by atoms with van der Waals surface area (Å²) in [7, 11) is 0. The lowest BCUT2D eigenvalue weighted by atomic mass is 9.97. The van der Waals surface area contributed by atoms with Gasteiger partial charge < -0.3 is 24.8 Å². The fourth-order valence-electron chi connectivity index (χ4n) is 4.64. The number of halogens is 3. The molecule has 0 aliphatic carbocycles. The Hall–Kier alpha value is -2.76. The van der Waals surface area contributed by atoms with Crippen molar-refractivity contribution < 1.29 is 32.2 Å². The number of hydrogen-bond donors (Lipinski definition) is 2. The van der Waals surface area contributed by atoms with Crippen LogP contribution in [0, 0.1) is 13.8 Å². The van der Waals surface area contributed by atoms with Gasteiger partial charge >= 0.3 is 6.18 Å². The van der Waals surface area contributed by atoms with Crippen LogP contribution < -0.4 is 10.6 Å². The molecule has 2 N–H and O–H groups in total. The van der Waals surface area contributed by atoms with E-state index in [0.717, 1.165) is 18.9 Å². The van der Waals surface area contributed by atoms with E-state index in [2.05, 4.69) is 20.6 Å². The van der Waals surface area contributed by atoms with E-state index in [0.29, 0.717) is 54.9 Å². The van der Waals surface area contributed by atoms with Gasteiger partial charge in [-0.25, -0.2) is 9.97 Å². The summed E-state index contributed by atoms with van der Waals surface area (Å²) >= 11 is 0. The molecule has 4 rings (SSSR count). The quantitative estimate of drug-likeness (QED) is 0.580. The molecule has 1 amide bonds. The summed E-state index contributed by atoms with van der Waals surface area (Å²) in [5.41, 5.74) is 0.882. The number of hydrogen-bond acceptors (Lipinski definition) is 7. The second-order valence-corrected chi connectivity index (χ2v) is 9.07. The number of alkyl halides is 3. The fraction of sp³-hybridized carbons (Fsp3) is 0.560. The van der Waals surface area contributed by atoms with Crippen LogP contribution in [0.2, 0.25) is 0 Å². The van der Waals surface area contributed by atoms with E-state index >= 15 is 0 Å². The highest BCUT2D eigenvalue weighted by atomic mass is 19.4. The SMILES string of the molecule is Cc1nc(CC(=O)NC2CCOCC2)c(C2OCCO2)c(N[C@H](C)c2cccc(C(F)(F)F)c2C)n1. The summed E-state index contributed by atoms with van der Waals surface area (Å²) in [5, 5.41) is 6.26. The Morgan fingerprint density at radius 1 is 1.11 bits per heavy atom. The first-order valence-corrected chi connectivity index (χ1v) is 12.0. The van der Waals surface area contributed by atoms with Gasteiger partial charge in [0.25, 0.3) is 0 Å². The molecule has 1 aromatic heterocycles. The zero-order valence-electron chi connectivity index (χ0n) is 20.6. The molecule has 2 aliphatic heterocycles. The Labute approximate surface area is 207 Å². The number of anilines is 1. The van der Waals surface area contributed by atoms with Gasteiger partial charge in [0.1, 0.15) is 11.6 Å². The summed E-state index contributed by atoms with van der Waals surface area (Å²) in [4.78, 5) is 21.9. The summed E-state index contributed by atoms with van der Waals surface area (Å²) in [6.07, 6.45) is -3.75. The number of rotatable bonds is 7. The molecular formula is C25H31F3N4O4. The number of benzene rings is 1. The molecule has 0 bridgehead atoms. The van der Waals surface area contributed by atoms with Crippen LogP contribution in [0.5, 0.6) is 0 Å². The van der Waals surface area contributed by atoms with Gasteiger partial charge in [0, 0.05) is 19.3 Å². The molecule has 1 atom stereocenters. The highest BCUT2D eigenvalue weighted by Gasteiger charge is 2.34.